The summed E-state index contributed by atoms with van der Waals surface area (Å²) in [5.74, 6) is -2.09. The van der Waals surface area contributed by atoms with Crippen LogP contribution in [-0.4, -0.2) is 66.6 Å². The van der Waals surface area contributed by atoms with Gasteiger partial charge in [-0.25, -0.2) is 0 Å². The van der Waals surface area contributed by atoms with Gasteiger partial charge >= 0.3 is 0 Å². The molecule has 17 nitrogen and oxygen atoms in total. The molecule has 18 heteroatoms. The minimum Gasteiger partial charge on any atom is -0.493 e. The SMILES string of the molecule is CC1(NC(=O)c2ccc(N=NC3C(=O)NC(=NC#N)NC3=O)cc2)CC=C(N=Nc2ccc(S(=O)(=O)O)cc2)C=C1OCCO. The van der Waals surface area contributed by atoms with Crippen molar-refractivity contribution in [3.05, 3.63) is 77.7 Å². The number of aliphatic imine (C=N–C) groups is 1. The Morgan fingerprint density at radius 3 is 2.29 bits per heavy atom. The lowest BCUT2D eigenvalue weighted by molar-refractivity contribution is -0.131. The van der Waals surface area contributed by atoms with E-state index in [1.807, 2.05) is 0 Å². The monoisotopic (exact) mass is 635 g/mol. The summed E-state index contributed by atoms with van der Waals surface area (Å²) in [5, 5.41) is 41.1. The first kappa shape index (κ1) is 32.3. The molecule has 1 heterocycles. The zero-order chi connectivity index (χ0) is 32.6. The van der Waals surface area contributed by atoms with Gasteiger partial charge in [0.15, 0.2) is 0 Å². The van der Waals surface area contributed by atoms with Crippen LogP contribution in [0.5, 0.6) is 0 Å². The van der Waals surface area contributed by atoms with E-state index < -0.39 is 39.4 Å². The van der Waals surface area contributed by atoms with Crippen molar-refractivity contribution in [2.45, 2.75) is 29.8 Å². The highest BCUT2D eigenvalue weighted by Gasteiger charge is 2.35. The molecule has 45 heavy (non-hydrogen) atoms. The Kier molecular flexibility index (Phi) is 9.88. The Labute approximate surface area is 255 Å². The van der Waals surface area contributed by atoms with Crippen LogP contribution in [-0.2, 0) is 24.4 Å². The van der Waals surface area contributed by atoms with Crippen molar-refractivity contribution in [2.75, 3.05) is 13.2 Å². The average Bonchev–Trinajstić information content (AvgIpc) is 3.00. The number of nitrogens with zero attached hydrogens (tertiary/aromatic N) is 6. The summed E-state index contributed by atoms with van der Waals surface area (Å²) >= 11 is 0. The second-order valence-electron chi connectivity index (χ2n) is 9.57. The van der Waals surface area contributed by atoms with Gasteiger partial charge in [-0.05, 0) is 61.9 Å². The van der Waals surface area contributed by atoms with Gasteiger partial charge in [0.05, 0.1) is 34.1 Å². The van der Waals surface area contributed by atoms with Crippen LogP contribution in [0.1, 0.15) is 23.7 Å². The molecule has 2 aromatic rings. The van der Waals surface area contributed by atoms with E-state index in [9.17, 15) is 27.9 Å². The topological polar surface area (TPSA) is 257 Å². The molecule has 232 valence electrons. The number of ether oxygens (including phenoxy) is 1. The lowest BCUT2D eigenvalue weighted by Gasteiger charge is -2.34. The number of carbonyl (C=O) groups excluding carboxylic acids is 3. The van der Waals surface area contributed by atoms with Crippen molar-refractivity contribution in [3.8, 4) is 6.19 Å². The fourth-order valence-electron chi connectivity index (χ4n) is 3.96. The highest BCUT2D eigenvalue weighted by molar-refractivity contribution is 7.85. The third-order valence-electron chi connectivity index (χ3n) is 6.26. The van der Waals surface area contributed by atoms with Gasteiger partial charge in [-0.1, -0.05) is 6.08 Å². The average molecular weight is 636 g/mol. The van der Waals surface area contributed by atoms with E-state index in [1.165, 1.54) is 54.7 Å². The smallest absolute Gasteiger partial charge is 0.294 e. The van der Waals surface area contributed by atoms with Gasteiger partial charge in [-0.2, -0.15) is 34.1 Å². The molecule has 5 N–H and O–H groups in total. The van der Waals surface area contributed by atoms with E-state index in [0.29, 0.717) is 17.1 Å². The van der Waals surface area contributed by atoms with Gasteiger partial charge in [-0.3, -0.25) is 29.6 Å². The van der Waals surface area contributed by atoms with Crippen LogP contribution < -0.4 is 16.0 Å². The van der Waals surface area contributed by atoms with Crippen molar-refractivity contribution < 1.29 is 37.2 Å². The molecule has 1 unspecified atom stereocenters. The molecule has 0 radical (unpaired) electrons. The number of azo groups is 2. The van der Waals surface area contributed by atoms with E-state index in [0.717, 1.165) is 0 Å². The molecule has 0 spiro atoms. The highest BCUT2D eigenvalue weighted by atomic mass is 32.2. The third kappa shape index (κ3) is 8.26. The number of carbonyl (C=O) groups is 3. The molecule has 1 fully saturated rings. The Hall–Kier alpha value is -5.64. The summed E-state index contributed by atoms with van der Waals surface area (Å²) in [6, 6.07) is 9.46. The highest BCUT2D eigenvalue weighted by Crippen LogP contribution is 2.31. The number of benzene rings is 2. The van der Waals surface area contributed by atoms with Crippen molar-refractivity contribution >= 4 is 45.2 Å². The summed E-state index contributed by atoms with van der Waals surface area (Å²) in [6.45, 7) is 1.39. The number of nitriles is 1. The zero-order valence-corrected chi connectivity index (χ0v) is 24.2. The third-order valence-corrected chi connectivity index (χ3v) is 7.12. The zero-order valence-electron chi connectivity index (χ0n) is 23.4. The second-order valence-corrected chi connectivity index (χ2v) is 11.0. The number of nitrogens with one attached hydrogen (secondary N) is 3. The van der Waals surface area contributed by atoms with Crippen LogP contribution in [0.15, 0.2) is 102 Å². The fraction of sp³-hybridized carbons (Fsp3) is 0.222. The van der Waals surface area contributed by atoms with Crippen molar-refractivity contribution in [1.82, 2.24) is 16.0 Å². The largest absolute Gasteiger partial charge is 0.493 e. The van der Waals surface area contributed by atoms with Crippen LogP contribution in [0.4, 0.5) is 11.4 Å². The number of rotatable bonds is 10. The molecule has 2 aromatic carbocycles. The first-order valence-corrected chi connectivity index (χ1v) is 14.4. The summed E-state index contributed by atoms with van der Waals surface area (Å²) in [5.41, 5.74) is 0.187. The number of hydrogen-bond donors (Lipinski definition) is 5. The van der Waals surface area contributed by atoms with E-state index in [1.54, 1.807) is 19.1 Å². The molecule has 2 aliphatic rings. The lowest BCUT2D eigenvalue weighted by Crippen LogP contribution is -2.58. The molecule has 1 aliphatic carbocycles. The van der Waals surface area contributed by atoms with Gasteiger partial charge in [0.25, 0.3) is 27.8 Å². The number of aliphatic hydroxyl groups is 1. The predicted octanol–water partition coefficient (Wildman–Crippen LogP) is 1.92. The summed E-state index contributed by atoms with van der Waals surface area (Å²) in [7, 11) is -4.34. The molecular weight excluding hydrogens is 610 g/mol. The predicted molar refractivity (Wildman–Crippen MR) is 155 cm³/mol. The Bertz CT molecular complexity index is 1770. The quantitative estimate of drug-likeness (QED) is 0.110. The van der Waals surface area contributed by atoms with Gasteiger partial charge < -0.3 is 15.2 Å². The Morgan fingerprint density at radius 2 is 1.69 bits per heavy atom. The Morgan fingerprint density at radius 1 is 1.07 bits per heavy atom. The van der Waals surface area contributed by atoms with Crippen LogP contribution >= 0.6 is 0 Å². The van der Waals surface area contributed by atoms with Crippen molar-refractivity contribution in [3.63, 3.8) is 0 Å². The summed E-state index contributed by atoms with van der Waals surface area (Å²) in [4.78, 5) is 40.3. The van der Waals surface area contributed by atoms with Crippen LogP contribution in [0.3, 0.4) is 0 Å². The normalized spacial score (nSPS) is 20.1. The molecule has 0 bridgehead atoms. The van der Waals surface area contributed by atoms with Gasteiger partial charge in [0.1, 0.15) is 12.4 Å². The minimum atomic E-state index is -4.34. The van der Waals surface area contributed by atoms with Crippen molar-refractivity contribution in [1.29, 1.82) is 5.26 Å². The molecule has 3 amide bonds. The van der Waals surface area contributed by atoms with Crippen LogP contribution in [0, 0.1) is 11.5 Å². The van der Waals surface area contributed by atoms with Crippen molar-refractivity contribution in [2.24, 2.45) is 25.4 Å². The number of hydrogen-bond acceptors (Lipinski definition) is 13. The van der Waals surface area contributed by atoms with E-state index in [-0.39, 0.29) is 41.7 Å². The lowest BCUT2D eigenvalue weighted by atomic mass is 9.89. The first-order valence-electron chi connectivity index (χ1n) is 13.0. The maximum atomic E-state index is 13.2. The van der Waals surface area contributed by atoms with E-state index in [2.05, 4.69) is 41.4 Å². The maximum absolute atomic E-state index is 13.2. The maximum Gasteiger partial charge on any atom is 0.294 e. The number of allylic oxidation sites excluding steroid dienone is 1. The Balaban J connectivity index is 1.42. The van der Waals surface area contributed by atoms with Gasteiger partial charge in [0.2, 0.25) is 18.2 Å². The second kappa shape index (κ2) is 13.8. The number of guanidine groups is 1. The minimum absolute atomic E-state index is 0.0536. The van der Waals surface area contributed by atoms with E-state index in [4.69, 9.17) is 14.6 Å². The summed E-state index contributed by atoms with van der Waals surface area (Å²) < 4.78 is 37.3. The van der Waals surface area contributed by atoms with Gasteiger partial charge in [-0.15, -0.1) is 4.99 Å². The fourth-order valence-corrected chi connectivity index (χ4v) is 4.44. The molecule has 1 atom stereocenters. The molecular formula is C27H25N9O8S. The molecule has 1 saturated heterocycles. The van der Waals surface area contributed by atoms with Crippen LogP contribution in [0.25, 0.3) is 0 Å². The molecule has 0 aromatic heterocycles. The first-order chi connectivity index (χ1) is 21.4. The molecule has 1 aliphatic heterocycles. The van der Waals surface area contributed by atoms with Gasteiger partial charge in [0, 0.05) is 11.6 Å². The molecule has 0 saturated carbocycles. The van der Waals surface area contributed by atoms with Crippen LogP contribution in [0.2, 0.25) is 0 Å². The number of amides is 3. The number of aliphatic hydroxyl groups excluding tert-OH is 1. The standard InChI is InChI=1S/C27H25N9O8S/c1-27(11-10-19(14-21(27)44-13-12-37)35-33-18-6-8-20(9-7-18)45(41,42)43)32-23(38)16-2-4-17(5-3-16)34-36-22-24(39)30-26(29-15-28)31-25(22)40/h2-10,14,22,37H,11-13H2,1H3,(H,32,38)(H,41,42,43)(H2,29,30,31,39,40). The molecule has 4 rings (SSSR count). The summed E-state index contributed by atoms with van der Waals surface area (Å²) in [6.07, 6.45) is 4.94. The van der Waals surface area contributed by atoms with E-state index >= 15 is 0 Å².